The van der Waals surface area contributed by atoms with E-state index in [9.17, 15) is 9.66 Å². The van der Waals surface area contributed by atoms with Crippen molar-refractivity contribution in [3.05, 3.63) is 34.6 Å². The lowest BCUT2D eigenvalue weighted by atomic mass is 10.2. The lowest BCUT2D eigenvalue weighted by molar-refractivity contribution is 0.214. The van der Waals surface area contributed by atoms with E-state index in [4.69, 9.17) is 16.2 Å². The van der Waals surface area contributed by atoms with Crippen molar-refractivity contribution in [2.45, 2.75) is 17.9 Å². The molecule has 2 heterocycles. The van der Waals surface area contributed by atoms with E-state index in [2.05, 4.69) is 35.8 Å². The zero-order chi connectivity index (χ0) is 20.8. The molecule has 2 fully saturated rings. The van der Waals surface area contributed by atoms with Gasteiger partial charge in [-0.15, -0.1) is 4.31 Å². The standard InChI is InChI=1S/C18H29BrN6O3S/c19-15-2-1-13(9-17(15)23-18(26)16(21)11-28-12-20)24-5-7-25(8-6-24)29(27)14-3-4-22-10-14/h1-2,9,11,14,18,22-23,26H,3-8,10,12,20-21H2/b16-11-. The number of halogens is 1. The molecule has 3 unspecified atom stereocenters. The SMILES string of the molecule is NCO/C=C(\N)C(O)Nc1cc(N2CCN([S+]([O-])C3CCNC3)CC2)ccc1Br. The molecule has 2 aliphatic heterocycles. The third-order valence-electron chi connectivity index (χ3n) is 5.03. The van der Waals surface area contributed by atoms with E-state index in [1.165, 1.54) is 6.26 Å². The number of nitrogens with one attached hydrogen (secondary N) is 2. The summed E-state index contributed by atoms with van der Waals surface area (Å²) in [6, 6.07) is 5.90. The summed E-state index contributed by atoms with van der Waals surface area (Å²) in [6.45, 7) is 4.89. The summed E-state index contributed by atoms with van der Waals surface area (Å²) in [6.07, 6.45) is 1.10. The number of nitrogens with two attached hydrogens (primary N) is 2. The van der Waals surface area contributed by atoms with Crippen molar-refractivity contribution < 1.29 is 14.4 Å². The number of ether oxygens (including phenoxy) is 1. The summed E-state index contributed by atoms with van der Waals surface area (Å²) >= 11 is 2.57. The van der Waals surface area contributed by atoms with Crippen molar-refractivity contribution in [3.8, 4) is 0 Å². The summed E-state index contributed by atoms with van der Waals surface area (Å²) in [4.78, 5) is 2.25. The fourth-order valence-corrected chi connectivity index (χ4v) is 5.28. The van der Waals surface area contributed by atoms with Crippen LogP contribution in [0.4, 0.5) is 11.4 Å². The molecule has 0 amide bonds. The Morgan fingerprint density at radius 3 is 2.86 bits per heavy atom. The van der Waals surface area contributed by atoms with Crippen molar-refractivity contribution in [3.63, 3.8) is 0 Å². The minimum absolute atomic E-state index is 0.0133. The third-order valence-corrected chi connectivity index (χ3v) is 7.57. The Bertz CT molecular complexity index is 698. The zero-order valence-corrected chi connectivity index (χ0v) is 18.6. The van der Waals surface area contributed by atoms with Gasteiger partial charge in [-0.1, -0.05) is 0 Å². The maximum atomic E-state index is 12.7. The van der Waals surface area contributed by atoms with Crippen LogP contribution in [-0.4, -0.2) is 71.4 Å². The number of hydrogen-bond donors (Lipinski definition) is 5. The van der Waals surface area contributed by atoms with E-state index in [1.54, 1.807) is 0 Å². The predicted molar refractivity (Wildman–Crippen MR) is 119 cm³/mol. The Hall–Kier alpha value is -1.21. The summed E-state index contributed by atoms with van der Waals surface area (Å²) in [5.74, 6) is 0. The lowest BCUT2D eigenvalue weighted by Gasteiger charge is -2.37. The van der Waals surface area contributed by atoms with Gasteiger partial charge in [-0.2, -0.15) is 0 Å². The summed E-state index contributed by atoms with van der Waals surface area (Å²) in [7, 11) is 0. The second-order valence-corrected chi connectivity index (χ2v) is 9.56. The second-order valence-electron chi connectivity index (χ2n) is 6.97. The van der Waals surface area contributed by atoms with Gasteiger partial charge >= 0.3 is 0 Å². The molecule has 3 atom stereocenters. The molecule has 1 aromatic rings. The third kappa shape index (κ3) is 5.91. The molecule has 0 aromatic heterocycles. The van der Waals surface area contributed by atoms with Crippen molar-refractivity contribution >= 4 is 38.7 Å². The molecule has 9 nitrogen and oxygen atoms in total. The lowest BCUT2D eigenvalue weighted by Crippen LogP contribution is -2.51. The number of piperazine rings is 1. The van der Waals surface area contributed by atoms with Gasteiger partial charge in [-0.25, -0.2) is 0 Å². The van der Waals surface area contributed by atoms with Crippen LogP contribution in [0.5, 0.6) is 0 Å². The van der Waals surface area contributed by atoms with E-state index in [0.29, 0.717) is 5.69 Å². The minimum Gasteiger partial charge on any atom is -0.598 e. The van der Waals surface area contributed by atoms with Gasteiger partial charge in [0.1, 0.15) is 18.2 Å². The number of hydrogen-bond acceptors (Lipinski definition) is 9. The molecule has 3 rings (SSSR count). The van der Waals surface area contributed by atoms with Gasteiger partial charge in [0, 0.05) is 54.1 Å². The maximum absolute atomic E-state index is 12.7. The first-order chi connectivity index (χ1) is 14.0. The Morgan fingerprint density at radius 1 is 1.45 bits per heavy atom. The molecule has 7 N–H and O–H groups in total. The number of aliphatic hydroxyl groups is 1. The molecule has 2 aliphatic rings. The maximum Gasteiger partial charge on any atom is 0.168 e. The molecule has 162 valence electrons. The van der Waals surface area contributed by atoms with E-state index in [0.717, 1.165) is 55.8 Å². The molecule has 29 heavy (non-hydrogen) atoms. The van der Waals surface area contributed by atoms with Crippen LogP contribution in [0, 0.1) is 0 Å². The normalized spacial score (nSPS) is 23.1. The summed E-state index contributed by atoms with van der Waals surface area (Å²) in [5.41, 5.74) is 12.9. The number of benzene rings is 1. The number of anilines is 2. The van der Waals surface area contributed by atoms with Crippen molar-refractivity contribution in [2.24, 2.45) is 11.5 Å². The second kappa shape index (κ2) is 10.7. The van der Waals surface area contributed by atoms with Crippen LogP contribution in [-0.2, 0) is 16.1 Å². The van der Waals surface area contributed by atoms with Crippen LogP contribution >= 0.6 is 15.9 Å². The van der Waals surface area contributed by atoms with Crippen molar-refractivity contribution in [2.75, 3.05) is 56.2 Å². The quantitative estimate of drug-likeness (QED) is 0.195. The van der Waals surface area contributed by atoms with Gasteiger partial charge in [0.15, 0.2) is 6.23 Å². The minimum atomic E-state index is -1.10. The van der Waals surface area contributed by atoms with Gasteiger partial charge in [0.05, 0.1) is 24.5 Å². The van der Waals surface area contributed by atoms with Crippen LogP contribution in [0.1, 0.15) is 6.42 Å². The molecule has 2 saturated heterocycles. The first-order valence-electron chi connectivity index (χ1n) is 9.62. The first-order valence-corrected chi connectivity index (χ1v) is 11.6. The molecule has 11 heteroatoms. The molecular weight excluding hydrogens is 460 g/mol. The van der Waals surface area contributed by atoms with Gasteiger partial charge in [-0.3, -0.25) is 5.73 Å². The predicted octanol–water partition coefficient (Wildman–Crippen LogP) is 0.0599. The van der Waals surface area contributed by atoms with Crippen molar-refractivity contribution in [1.29, 1.82) is 0 Å². The molecular formula is C18H29BrN6O3S. The summed E-state index contributed by atoms with van der Waals surface area (Å²) in [5, 5.41) is 16.7. The van der Waals surface area contributed by atoms with Gasteiger partial charge < -0.3 is 35.7 Å². The largest absolute Gasteiger partial charge is 0.598 e. The monoisotopic (exact) mass is 488 g/mol. The number of aliphatic hydroxyl groups excluding tert-OH is 1. The van der Waals surface area contributed by atoms with Gasteiger partial charge in [0.25, 0.3) is 0 Å². The van der Waals surface area contributed by atoms with Crippen LogP contribution in [0.25, 0.3) is 0 Å². The van der Waals surface area contributed by atoms with E-state index >= 15 is 0 Å². The fourth-order valence-electron chi connectivity index (χ4n) is 3.40. The highest BCUT2D eigenvalue weighted by molar-refractivity contribution is 9.10. The van der Waals surface area contributed by atoms with Crippen LogP contribution in [0.2, 0.25) is 0 Å². The average molecular weight is 489 g/mol. The smallest absolute Gasteiger partial charge is 0.168 e. The first kappa shape index (κ1) is 22.5. The van der Waals surface area contributed by atoms with E-state index in [-0.39, 0.29) is 17.7 Å². The van der Waals surface area contributed by atoms with E-state index < -0.39 is 17.6 Å². The Morgan fingerprint density at radius 2 is 2.21 bits per heavy atom. The van der Waals surface area contributed by atoms with Crippen LogP contribution < -0.4 is 27.0 Å². The molecule has 0 radical (unpaired) electrons. The molecule has 0 saturated carbocycles. The Balaban J connectivity index is 1.59. The topological polar surface area (TPSA) is 135 Å². The number of nitrogens with zero attached hydrogens (tertiary/aromatic N) is 2. The molecule has 0 aliphatic carbocycles. The van der Waals surface area contributed by atoms with Gasteiger partial charge in [-0.05, 0) is 34.1 Å². The Kier molecular flexibility index (Phi) is 8.30. The highest BCUT2D eigenvalue weighted by Gasteiger charge is 2.34. The van der Waals surface area contributed by atoms with Crippen LogP contribution in [0.15, 0.2) is 34.6 Å². The number of rotatable bonds is 8. The van der Waals surface area contributed by atoms with Gasteiger partial charge in [0.2, 0.25) is 0 Å². The molecule has 0 bridgehead atoms. The molecule has 0 spiro atoms. The molecule has 1 aromatic carbocycles. The van der Waals surface area contributed by atoms with Crippen LogP contribution in [0.3, 0.4) is 0 Å². The summed E-state index contributed by atoms with van der Waals surface area (Å²) < 4.78 is 20.5. The zero-order valence-electron chi connectivity index (χ0n) is 16.2. The van der Waals surface area contributed by atoms with Crippen molar-refractivity contribution in [1.82, 2.24) is 9.62 Å². The highest BCUT2D eigenvalue weighted by atomic mass is 79.9. The fraction of sp³-hybridized carbons (Fsp3) is 0.556. The average Bonchev–Trinajstić information content (AvgIpc) is 3.28. The highest BCUT2D eigenvalue weighted by Crippen LogP contribution is 2.30. The van der Waals surface area contributed by atoms with E-state index in [1.807, 2.05) is 18.2 Å². The Labute approximate surface area is 182 Å².